The third-order valence-electron chi connectivity index (χ3n) is 2.12. The second kappa shape index (κ2) is 6.42. The lowest BCUT2D eigenvalue weighted by Crippen LogP contribution is -2.29. The van der Waals surface area contributed by atoms with Crippen LogP contribution in [0.25, 0.3) is 0 Å². The molecule has 0 atom stereocenters. The van der Waals surface area contributed by atoms with Gasteiger partial charge in [-0.05, 0) is 13.0 Å². The molecule has 1 rings (SSSR count). The largest absolute Gasteiger partial charge is 0.477 e. The van der Waals surface area contributed by atoms with Crippen molar-refractivity contribution in [3.05, 3.63) is 22.8 Å². The van der Waals surface area contributed by atoms with Crippen LogP contribution < -0.4 is 4.74 Å². The average Bonchev–Trinajstić information content (AvgIpc) is 2.31. The van der Waals surface area contributed by atoms with Crippen molar-refractivity contribution in [1.29, 1.82) is 0 Å². The van der Waals surface area contributed by atoms with Gasteiger partial charge in [0, 0.05) is 19.8 Å². The number of carbonyl (C=O) groups is 1. The Bertz CT molecular complexity index is 398. The van der Waals surface area contributed by atoms with Crippen molar-refractivity contribution >= 4 is 17.5 Å². The molecule has 0 bridgehead atoms. The van der Waals surface area contributed by atoms with Crippen molar-refractivity contribution in [2.75, 3.05) is 26.8 Å². The molecule has 0 aromatic carbocycles. The highest BCUT2D eigenvalue weighted by atomic mass is 35.5. The Hall–Kier alpha value is -1.33. The number of nitrogens with zero attached hydrogens (tertiary/aromatic N) is 2. The van der Waals surface area contributed by atoms with E-state index in [1.54, 1.807) is 7.05 Å². The molecule has 1 aromatic rings. The predicted molar refractivity (Wildman–Crippen MR) is 64.5 cm³/mol. The zero-order valence-electron chi connectivity index (χ0n) is 9.81. The third kappa shape index (κ3) is 3.57. The van der Waals surface area contributed by atoms with Gasteiger partial charge in [-0.3, -0.25) is 4.79 Å². The zero-order valence-corrected chi connectivity index (χ0v) is 10.6. The SMILES string of the molecule is CCOc1ncc(C(=O)N(C)CCO)cc1Cl. The molecule has 0 unspecified atom stereocenters. The smallest absolute Gasteiger partial charge is 0.255 e. The monoisotopic (exact) mass is 258 g/mol. The molecule has 1 heterocycles. The second-order valence-corrected chi connectivity index (χ2v) is 3.80. The van der Waals surface area contributed by atoms with Crippen LogP contribution in [0.15, 0.2) is 12.3 Å². The van der Waals surface area contributed by atoms with E-state index in [4.69, 9.17) is 21.4 Å². The molecule has 17 heavy (non-hydrogen) atoms. The summed E-state index contributed by atoms with van der Waals surface area (Å²) in [5.74, 6) is 0.0760. The Morgan fingerprint density at radius 1 is 1.65 bits per heavy atom. The summed E-state index contributed by atoms with van der Waals surface area (Å²) in [6, 6.07) is 1.51. The number of aliphatic hydroxyl groups excluding tert-OH is 1. The van der Waals surface area contributed by atoms with E-state index in [0.29, 0.717) is 23.1 Å². The number of aromatic nitrogens is 1. The Balaban J connectivity index is 2.85. The summed E-state index contributed by atoms with van der Waals surface area (Å²) >= 11 is 5.93. The lowest BCUT2D eigenvalue weighted by atomic mass is 10.2. The van der Waals surface area contributed by atoms with Crippen molar-refractivity contribution in [3.8, 4) is 5.88 Å². The van der Waals surface area contributed by atoms with E-state index < -0.39 is 0 Å². The molecule has 0 saturated carbocycles. The number of halogens is 1. The van der Waals surface area contributed by atoms with Crippen LogP contribution in [0.3, 0.4) is 0 Å². The van der Waals surface area contributed by atoms with Crippen LogP contribution in [-0.4, -0.2) is 47.7 Å². The minimum absolute atomic E-state index is 0.0829. The second-order valence-electron chi connectivity index (χ2n) is 3.39. The molecule has 0 fully saturated rings. The van der Waals surface area contributed by atoms with Crippen molar-refractivity contribution in [1.82, 2.24) is 9.88 Å². The number of likely N-dealkylation sites (N-methyl/N-ethyl adjacent to an activating group) is 1. The molecule has 1 aromatic heterocycles. The van der Waals surface area contributed by atoms with Crippen LogP contribution in [0.4, 0.5) is 0 Å². The Morgan fingerprint density at radius 3 is 2.88 bits per heavy atom. The zero-order chi connectivity index (χ0) is 12.8. The van der Waals surface area contributed by atoms with Gasteiger partial charge in [0.25, 0.3) is 5.91 Å². The summed E-state index contributed by atoms with van der Waals surface area (Å²) in [6.07, 6.45) is 1.41. The van der Waals surface area contributed by atoms with E-state index in [1.165, 1.54) is 17.2 Å². The van der Waals surface area contributed by atoms with Crippen LogP contribution in [0.2, 0.25) is 5.02 Å². The molecule has 0 saturated heterocycles. The highest BCUT2D eigenvalue weighted by Crippen LogP contribution is 2.22. The highest BCUT2D eigenvalue weighted by Gasteiger charge is 2.14. The van der Waals surface area contributed by atoms with Crippen LogP contribution in [0, 0.1) is 0 Å². The Labute approximate surface area is 105 Å². The fourth-order valence-electron chi connectivity index (χ4n) is 1.26. The van der Waals surface area contributed by atoms with Gasteiger partial charge in [-0.25, -0.2) is 4.98 Å². The van der Waals surface area contributed by atoms with Crippen molar-refractivity contribution < 1.29 is 14.6 Å². The summed E-state index contributed by atoms with van der Waals surface area (Å²) in [5.41, 5.74) is 0.370. The van der Waals surface area contributed by atoms with Crippen LogP contribution in [-0.2, 0) is 0 Å². The number of amides is 1. The molecule has 0 aliphatic heterocycles. The quantitative estimate of drug-likeness (QED) is 0.862. The summed E-state index contributed by atoms with van der Waals surface area (Å²) in [4.78, 5) is 17.2. The van der Waals surface area contributed by atoms with E-state index >= 15 is 0 Å². The molecule has 0 radical (unpaired) electrons. The lowest BCUT2D eigenvalue weighted by molar-refractivity contribution is 0.0766. The number of carbonyl (C=O) groups excluding carboxylic acids is 1. The first-order valence-electron chi connectivity index (χ1n) is 5.24. The van der Waals surface area contributed by atoms with Gasteiger partial charge in [0.2, 0.25) is 5.88 Å². The van der Waals surface area contributed by atoms with Crippen molar-refractivity contribution in [2.45, 2.75) is 6.92 Å². The number of aliphatic hydroxyl groups is 1. The van der Waals surface area contributed by atoms with Crippen LogP contribution >= 0.6 is 11.6 Å². The van der Waals surface area contributed by atoms with E-state index in [-0.39, 0.29) is 19.1 Å². The van der Waals surface area contributed by atoms with E-state index in [1.807, 2.05) is 6.92 Å². The predicted octanol–water partition coefficient (Wildman–Crippen LogP) is 1.20. The fourth-order valence-corrected chi connectivity index (χ4v) is 1.48. The van der Waals surface area contributed by atoms with Gasteiger partial charge < -0.3 is 14.7 Å². The third-order valence-corrected chi connectivity index (χ3v) is 2.39. The molecular formula is C11H15ClN2O3. The van der Waals surface area contributed by atoms with Gasteiger partial charge in [-0.15, -0.1) is 0 Å². The van der Waals surface area contributed by atoms with Gasteiger partial charge in [0.1, 0.15) is 5.02 Å². The molecule has 94 valence electrons. The standard InChI is InChI=1S/C11H15ClN2O3/c1-3-17-10-9(12)6-8(7-13-10)11(16)14(2)4-5-15/h6-7,15H,3-5H2,1-2H3. The number of hydrogen-bond acceptors (Lipinski definition) is 4. The van der Waals surface area contributed by atoms with E-state index in [9.17, 15) is 4.79 Å². The highest BCUT2D eigenvalue weighted by molar-refractivity contribution is 6.32. The van der Waals surface area contributed by atoms with Gasteiger partial charge in [-0.2, -0.15) is 0 Å². The molecule has 0 aliphatic rings. The normalized spacial score (nSPS) is 10.1. The molecule has 6 heteroatoms. The summed E-state index contributed by atoms with van der Waals surface area (Å²) < 4.78 is 5.17. The van der Waals surface area contributed by atoms with Gasteiger partial charge in [0.15, 0.2) is 0 Å². The number of pyridine rings is 1. The summed E-state index contributed by atoms with van der Waals surface area (Å²) in [5, 5.41) is 9.05. The maximum absolute atomic E-state index is 11.8. The first-order valence-corrected chi connectivity index (χ1v) is 5.62. The molecular weight excluding hydrogens is 244 g/mol. The first kappa shape index (κ1) is 13.7. The van der Waals surface area contributed by atoms with Crippen molar-refractivity contribution in [3.63, 3.8) is 0 Å². The van der Waals surface area contributed by atoms with Gasteiger partial charge >= 0.3 is 0 Å². The van der Waals surface area contributed by atoms with E-state index in [2.05, 4.69) is 4.98 Å². The molecule has 1 N–H and O–H groups in total. The van der Waals surface area contributed by atoms with Crippen LogP contribution in [0.1, 0.15) is 17.3 Å². The minimum atomic E-state index is -0.239. The maximum atomic E-state index is 11.8. The summed E-state index contributed by atoms with van der Waals surface area (Å²) in [7, 11) is 1.60. The molecule has 0 aliphatic carbocycles. The Kier molecular flexibility index (Phi) is 5.18. The molecule has 5 nitrogen and oxygen atoms in total. The maximum Gasteiger partial charge on any atom is 0.255 e. The van der Waals surface area contributed by atoms with Crippen molar-refractivity contribution in [2.24, 2.45) is 0 Å². The number of hydrogen-bond donors (Lipinski definition) is 1. The number of rotatable bonds is 5. The molecule has 0 spiro atoms. The lowest BCUT2D eigenvalue weighted by Gasteiger charge is -2.15. The van der Waals surface area contributed by atoms with E-state index in [0.717, 1.165) is 0 Å². The fraction of sp³-hybridized carbons (Fsp3) is 0.455. The summed E-state index contributed by atoms with van der Waals surface area (Å²) in [6.45, 7) is 2.47. The average molecular weight is 259 g/mol. The van der Waals surface area contributed by atoms with Gasteiger partial charge in [0.05, 0.1) is 18.8 Å². The Morgan fingerprint density at radius 2 is 2.35 bits per heavy atom. The number of ether oxygens (including phenoxy) is 1. The first-order chi connectivity index (χ1) is 8.10. The molecule has 1 amide bonds. The topological polar surface area (TPSA) is 62.7 Å². The minimum Gasteiger partial charge on any atom is -0.477 e. The van der Waals surface area contributed by atoms with Gasteiger partial charge in [-0.1, -0.05) is 11.6 Å². The van der Waals surface area contributed by atoms with Crippen LogP contribution in [0.5, 0.6) is 5.88 Å².